The predicted octanol–water partition coefficient (Wildman–Crippen LogP) is 3.35. The highest BCUT2D eigenvalue weighted by molar-refractivity contribution is 6.30. The van der Waals surface area contributed by atoms with E-state index in [1.165, 1.54) is 0 Å². The van der Waals surface area contributed by atoms with E-state index in [4.69, 9.17) is 26.8 Å². The van der Waals surface area contributed by atoms with Crippen LogP contribution in [-0.2, 0) is 5.60 Å². The topological polar surface area (TPSA) is 64.7 Å². The molecule has 0 bridgehead atoms. The molecule has 2 aromatic rings. The molecule has 2 atom stereocenters. The van der Waals surface area contributed by atoms with E-state index in [9.17, 15) is 5.11 Å². The van der Waals surface area contributed by atoms with Gasteiger partial charge in [0, 0.05) is 11.6 Å². The summed E-state index contributed by atoms with van der Waals surface area (Å²) < 4.78 is 11.8. The Kier molecular flexibility index (Phi) is 5.88. The van der Waals surface area contributed by atoms with Crippen LogP contribution in [0.2, 0.25) is 5.02 Å². The van der Waals surface area contributed by atoms with E-state index in [-0.39, 0.29) is 6.54 Å². The minimum Gasteiger partial charge on any atom is -0.490 e. The molecule has 0 aliphatic carbocycles. The summed E-state index contributed by atoms with van der Waals surface area (Å²) in [4.78, 5) is 0. The first-order valence-electron chi connectivity index (χ1n) is 7.56. The lowest BCUT2D eigenvalue weighted by atomic mass is 9.89. The van der Waals surface area contributed by atoms with Gasteiger partial charge in [-0.2, -0.15) is 0 Å². The second-order valence-corrected chi connectivity index (χ2v) is 5.79. The van der Waals surface area contributed by atoms with Gasteiger partial charge in [-0.15, -0.1) is 0 Å². The third kappa shape index (κ3) is 3.96. The summed E-state index contributed by atoms with van der Waals surface area (Å²) in [6.45, 7) is 4.27. The Morgan fingerprint density at radius 3 is 2.48 bits per heavy atom. The number of para-hydroxylation sites is 2. The molecule has 0 spiro atoms. The number of ether oxygens (including phenoxy) is 2. The van der Waals surface area contributed by atoms with Crippen LogP contribution in [0.4, 0.5) is 0 Å². The fourth-order valence-electron chi connectivity index (χ4n) is 2.38. The van der Waals surface area contributed by atoms with Gasteiger partial charge in [0.15, 0.2) is 17.1 Å². The van der Waals surface area contributed by atoms with Crippen LogP contribution in [0, 0.1) is 0 Å². The van der Waals surface area contributed by atoms with E-state index in [1.54, 1.807) is 25.1 Å². The van der Waals surface area contributed by atoms with Gasteiger partial charge < -0.3 is 20.3 Å². The molecule has 124 valence electrons. The number of benzene rings is 2. The van der Waals surface area contributed by atoms with Crippen molar-refractivity contribution in [3.63, 3.8) is 0 Å². The Morgan fingerprint density at radius 2 is 1.87 bits per heavy atom. The monoisotopic (exact) mass is 335 g/mol. The number of rotatable bonds is 7. The lowest BCUT2D eigenvalue weighted by molar-refractivity contribution is -0.0424. The Bertz CT molecular complexity index is 650. The van der Waals surface area contributed by atoms with Crippen LogP contribution < -0.4 is 15.2 Å². The zero-order valence-corrected chi connectivity index (χ0v) is 14.1. The fourth-order valence-corrected chi connectivity index (χ4v) is 2.57. The number of nitrogens with two attached hydrogens (primary N) is 1. The van der Waals surface area contributed by atoms with Crippen LogP contribution in [0.3, 0.4) is 0 Å². The van der Waals surface area contributed by atoms with Gasteiger partial charge in [0.2, 0.25) is 0 Å². The number of hydrogen-bond acceptors (Lipinski definition) is 4. The largest absolute Gasteiger partial charge is 0.490 e. The molecule has 2 unspecified atom stereocenters. The van der Waals surface area contributed by atoms with Crippen LogP contribution in [0.5, 0.6) is 11.5 Å². The molecule has 0 radical (unpaired) electrons. The Hall–Kier alpha value is -1.75. The van der Waals surface area contributed by atoms with Crippen molar-refractivity contribution < 1.29 is 14.6 Å². The third-order valence-corrected chi connectivity index (χ3v) is 3.96. The molecule has 0 amide bonds. The van der Waals surface area contributed by atoms with Crippen LogP contribution in [0.15, 0.2) is 48.5 Å². The average Bonchev–Trinajstić information content (AvgIpc) is 2.56. The summed E-state index contributed by atoms with van der Waals surface area (Å²) in [5.41, 5.74) is 5.39. The number of aliphatic hydroxyl groups is 1. The zero-order valence-electron chi connectivity index (χ0n) is 13.3. The maximum atomic E-state index is 10.5. The van der Waals surface area contributed by atoms with Crippen molar-refractivity contribution in [1.82, 2.24) is 0 Å². The van der Waals surface area contributed by atoms with E-state index >= 15 is 0 Å². The predicted molar refractivity (Wildman–Crippen MR) is 92.1 cm³/mol. The first kappa shape index (κ1) is 17.6. The normalized spacial score (nSPS) is 14.8. The number of halogens is 1. The number of aliphatic hydroxyl groups excluding tert-OH is 1. The van der Waals surface area contributed by atoms with Gasteiger partial charge in [0.05, 0.1) is 6.61 Å². The zero-order chi connectivity index (χ0) is 16.9. The molecule has 0 saturated heterocycles. The molecule has 0 saturated carbocycles. The molecule has 2 aromatic carbocycles. The van der Waals surface area contributed by atoms with Crippen molar-refractivity contribution in [2.45, 2.75) is 25.6 Å². The lowest BCUT2D eigenvalue weighted by Crippen LogP contribution is -2.46. The van der Waals surface area contributed by atoms with Crippen LogP contribution >= 0.6 is 11.6 Å². The van der Waals surface area contributed by atoms with Crippen molar-refractivity contribution in [3.05, 3.63) is 59.1 Å². The van der Waals surface area contributed by atoms with Crippen molar-refractivity contribution >= 4 is 11.6 Å². The maximum absolute atomic E-state index is 10.5. The highest BCUT2D eigenvalue weighted by Gasteiger charge is 2.37. The van der Waals surface area contributed by atoms with Crippen LogP contribution in [0.1, 0.15) is 19.4 Å². The minimum absolute atomic E-state index is 0.0554. The van der Waals surface area contributed by atoms with E-state index in [0.29, 0.717) is 23.1 Å². The summed E-state index contributed by atoms with van der Waals surface area (Å²) in [6, 6.07) is 14.6. The molecule has 0 aliphatic rings. The van der Waals surface area contributed by atoms with Crippen LogP contribution in [0.25, 0.3) is 0 Å². The van der Waals surface area contributed by atoms with Gasteiger partial charge in [-0.05, 0) is 43.7 Å². The first-order chi connectivity index (χ1) is 11.0. The molecular weight excluding hydrogens is 314 g/mol. The molecule has 0 fully saturated rings. The van der Waals surface area contributed by atoms with E-state index in [1.807, 2.05) is 37.3 Å². The highest BCUT2D eigenvalue weighted by Crippen LogP contribution is 2.37. The molecular formula is C18H22ClNO3. The second-order valence-electron chi connectivity index (χ2n) is 5.35. The molecule has 23 heavy (non-hydrogen) atoms. The van der Waals surface area contributed by atoms with Crippen molar-refractivity contribution in [1.29, 1.82) is 0 Å². The van der Waals surface area contributed by atoms with Gasteiger partial charge in [-0.1, -0.05) is 35.9 Å². The van der Waals surface area contributed by atoms with Crippen molar-refractivity contribution in [3.8, 4) is 11.5 Å². The van der Waals surface area contributed by atoms with E-state index in [2.05, 4.69) is 0 Å². The van der Waals surface area contributed by atoms with E-state index in [0.717, 1.165) is 5.56 Å². The van der Waals surface area contributed by atoms with Gasteiger partial charge in [0.25, 0.3) is 0 Å². The average molecular weight is 336 g/mol. The van der Waals surface area contributed by atoms with Gasteiger partial charge >= 0.3 is 0 Å². The summed E-state index contributed by atoms with van der Waals surface area (Å²) >= 11 is 6.09. The number of hydrogen-bond donors (Lipinski definition) is 2. The SMILES string of the molecule is CCOc1ccccc1OC(C)(c1cccc(Cl)c1)C(O)CN. The van der Waals surface area contributed by atoms with Crippen molar-refractivity contribution in [2.24, 2.45) is 5.73 Å². The molecule has 0 aromatic heterocycles. The Labute approximate surface area is 141 Å². The molecule has 3 N–H and O–H groups in total. The summed E-state index contributed by atoms with van der Waals surface area (Å²) in [7, 11) is 0. The summed E-state index contributed by atoms with van der Waals surface area (Å²) in [5, 5.41) is 11.0. The first-order valence-corrected chi connectivity index (χ1v) is 7.94. The van der Waals surface area contributed by atoms with Crippen LogP contribution in [-0.4, -0.2) is 24.4 Å². The van der Waals surface area contributed by atoms with E-state index < -0.39 is 11.7 Å². The standard InChI is InChI=1S/C18H22ClNO3/c1-3-22-15-9-4-5-10-16(15)23-18(2,17(21)12-20)13-7-6-8-14(19)11-13/h4-11,17,21H,3,12,20H2,1-2H3. The third-order valence-electron chi connectivity index (χ3n) is 3.73. The Balaban J connectivity index is 2.44. The smallest absolute Gasteiger partial charge is 0.162 e. The Morgan fingerprint density at radius 1 is 1.17 bits per heavy atom. The lowest BCUT2D eigenvalue weighted by Gasteiger charge is -2.35. The molecule has 0 heterocycles. The second kappa shape index (κ2) is 7.68. The van der Waals surface area contributed by atoms with Crippen molar-refractivity contribution in [2.75, 3.05) is 13.2 Å². The molecule has 2 rings (SSSR count). The highest BCUT2D eigenvalue weighted by atomic mass is 35.5. The molecule has 5 heteroatoms. The summed E-state index contributed by atoms with van der Waals surface area (Å²) in [5.74, 6) is 1.16. The quantitative estimate of drug-likeness (QED) is 0.814. The minimum atomic E-state index is -1.05. The maximum Gasteiger partial charge on any atom is 0.162 e. The molecule has 0 aliphatic heterocycles. The molecule has 4 nitrogen and oxygen atoms in total. The van der Waals surface area contributed by atoms with Gasteiger partial charge in [0.1, 0.15) is 6.10 Å². The summed E-state index contributed by atoms with van der Waals surface area (Å²) in [6.07, 6.45) is -0.907. The van der Waals surface area contributed by atoms with Gasteiger partial charge in [-0.3, -0.25) is 0 Å². The van der Waals surface area contributed by atoms with Gasteiger partial charge in [-0.25, -0.2) is 0 Å². The fraction of sp³-hybridized carbons (Fsp3) is 0.333.